The van der Waals surface area contributed by atoms with Crippen molar-refractivity contribution < 1.29 is 39.0 Å². The van der Waals surface area contributed by atoms with E-state index in [1.54, 1.807) is 18.2 Å². The highest BCUT2D eigenvalue weighted by Gasteiger charge is 2.24. The number of phenolic OH excluding ortho intramolecular Hbond substituents is 2. The largest absolute Gasteiger partial charge is 0.507 e. The number of aliphatic hydroxyl groups excluding tert-OH is 1. The Bertz CT molecular complexity index is 3550. The zero-order valence-corrected chi connectivity index (χ0v) is 59.5. The van der Waals surface area contributed by atoms with Crippen LogP contribution in [0.4, 0.5) is 0 Å². The molecule has 0 saturated carbocycles. The van der Waals surface area contributed by atoms with Crippen molar-refractivity contribution in [2.75, 3.05) is 46.2 Å². The monoisotopic (exact) mass is 1310 g/mol. The lowest BCUT2D eigenvalue weighted by molar-refractivity contribution is -0.0389. The van der Waals surface area contributed by atoms with Crippen LogP contribution in [0.2, 0.25) is 0 Å². The predicted molar refractivity (Wildman–Crippen MR) is 390 cm³/mol. The molecule has 4 atom stereocenters. The van der Waals surface area contributed by atoms with E-state index in [9.17, 15) is 15.3 Å². The summed E-state index contributed by atoms with van der Waals surface area (Å²) in [4.78, 5) is 29.6. The molecule has 5 aromatic carbocycles. The number of aryl methyl sites for hydroxylation is 6. The Morgan fingerprint density at radius 2 is 0.729 bits per heavy atom. The minimum atomic E-state index is -0.818. The fourth-order valence-electron chi connectivity index (χ4n) is 12.5. The summed E-state index contributed by atoms with van der Waals surface area (Å²) >= 11 is 0. The number of unbranched alkanes of at least 4 members (excludes halogenated alkanes) is 19. The Kier molecular flexibility index (Phi) is 30.3. The van der Waals surface area contributed by atoms with Gasteiger partial charge in [0.25, 0.3) is 0 Å². The van der Waals surface area contributed by atoms with Gasteiger partial charge in [0.15, 0.2) is 34.9 Å². The van der Waals surface area contributed by atoms with Crippen LogP contribution < -0.4 is 9.47 Å². The first-order valence-electron chi connectivity index (χ1n) is 36.1. The van der Waals surface area contributed by atoms with Gasteiger partial charge in [-0.2, -0.15) is 0 Å². The zero-order valence-electron chi connectivity index (χ0n) is 59.5. The summed E-state index contributed by atoms with van der Waals surface area (Å²) in [5.41, 5.74) is 12.4. The number of rotatable bonds is 42. The van der Waals surface area contributed by atoms with Gasteiger partial charge in [0, 0.05) is 54.2 Å². The Morgan fingerprint density at radius 3 is 1.15 bits per heavy atom. The molecule has 7 aromatic rings. The lowest BCUT2D eigenvalue weighted by Crippen LogP contribution is -2.28. The van der Waals surface area contributed by atoms with Crippen LogP contribution in [0.1, 0.15) is 202 Å². The van der Waals surface area contributed by atoms with Crippen LogP contribution in [-0.4, -0.2) is 104 Å². The van der Waals surface area contributed by atoms with E-state index < -0.39 is 6.10 Å². The Labute approximate surface area is 573 Å². The molecule has 0 fully saturated rings. The van der Waals surface area contributed by atoms with Gasteiger partial charge in [-0.1, -0.05) is 220 Å². The smallest absolute Gasteiger partial charge is 0.167 e. The van der Waals surface area contributed by atoms with Crippen LogP contribution in [0.15, 0.2) is 109 Å². The normalized spacial score (nSPS) is 14.6. The van der Waals surface area contributed by atoms with E-state index in [1.165, 1.54) is 108 Å². The molecule has 8 rings (SSSR count). The van der Waals surface area contributed by atoms with Crippen LogP contribution in [0.25, 0.3) is 62.5 Å². The van der Waals surface area contributed by atoms with Gasteiger partial charge >= 0.3 is 0 Å². The molecular formula is C82H110N6O8. The van der Waals surface area contributed by atoms with E-state index in [0.717, 1.165) is 94.2 Å². The van der Waals surface area contributed by atoms with Gasteiger partial charge in [-0.15, -0.1) is 0 Å². The number of ether oxygens (including phenoxy) is 5. The van der Waals surface area contributed by atoms with E-state index in [-0.39, 0.29) is 30.8 Å². The van der Waals surface area contributed by atoms with Crippen LogP contribution in [0, 0.1) is 53.4 Å². The second-order valence-corrected chi connectivity index (χ2v) is 27.1. The highest BCUT2D eigenvalue weighted by Crippen LogP contribution is 2.38. The van der Waals surface area contributed by atoms with Crippen LogP contribution >= 0.6 is 0 Å². The molecule has 2 heterocycles. The molecule has 0 radical (unpaired) electrons. The Hall–Kier alpha value is -7.36. The molecular weight excluding hydrogens is 1200 g/mol. The first-order valence-corrected chi connectivity index (χ1v) is 36.1. The standard InChI is InChI=1S/C82H110N6O8/c1-11-12-13-14-15-16-17-20-24-27-30-43-93-54-68(55-96-67-36-41-73(76(91)51-67)81-86-79(71-39-34-58(4)47-63(71)9)87-82(88-81)74-49-60(6)59(5)48-64(74)10)94-44-31-28-25-22-19-18-21-23-26-29-42-92-52-65(89)53-95-66-35-40-72(75(90)50-66)80-84-77(69-37-32-56(2)45-61(69)7)83-78(85-80)70-38-33-57(3)46-62(70)8/h32-41,45-51,59-60,65,68,89-91H,11-31,42-44,52-55H2,1-10H3. The summed E-state index contributed by atoms with van der Waals surface area (Å²) in [6.45, 7) is 24.1. The topological polar surface area (TPSA) is 184 Å². The summed E-state index contributed by atoms with van der Waals surface area (Å²) in [5, 5.41) is 33.6. The number of aromatic hydroxyl groups is 2. The minimum Gasteiger partial charge on any atom is -0.507 e. The number of nitrogens with zero attached hydrogens (tertiary/aromatic N) is 6. The molecule has 0 amide bonds. The van der Waals surface area contributed by atoms with Crippen LogP contribution in [0.5, 0.6) is 23.0 Å². The fourth-order valence-corrected chi connectivity index (χ4v) is 12.5. The van der Waals surface area contributed by atoms with Gasteiger partial charge in [-0.25, -0.2) is 29.9 Å². The highest BCUT2D eigenvalue weighted by molar-refractivity contribution is 5.79. The fraction of sp³-hybridized carbons (Fsp3) is 0.512. The molecule has 14 nitrogen and oxygen atoms in total. The van der Waals surface area contributed by atoms with Crippen molar-refractivity contribution in [3.63, 3.8) is 0 Å². The minimum absolute atomic E-state index is 0.0259. The maximum Gasteiger partial charge on any atom is 0.167 e. The molecule has 1 aliphatic rings. The molecule has 2 aromatic heterocycles. The molecule has 4 unspecified atom stereocenters. The molecule has 0 bridgehead atoms. The number of allylic oxidation sites excluding steroid dienone is 4. The molecule has 0 spiro atoms. The number of hydrogen-bond donors (Lipinski definition) is 3. The number of phenols is 2. The third-order valence-electron chi connectivity index (χ3n) is 18.4. The third kappa shape index (κ3) is 23.4. The molecule has 14 heteroatoms. The maximum atomic E-state index is 11.6. The van der Waals surface area contributed by atoms with Crippen molar-refractivity contribution in [1.29, 1.82) is 0 Å². The number of aromatic nitrogens is 6. The van der Waals surface area contributed by atoms with Gasteiger partial charge in [-0.3, -0.25) is 0 Å². The van der Waals surface area contributed by atoms with Crippen molar-refractivity contribution >= 4 is 5.57 Å². The quantitative estimate of drug-likeness (QED) is 0.0307. The molecule has 0 saturated heterocycles. The second kappa shape index (κ2) is 39.1. The first kappa shape index (κ1) is 74.4. The average molecular weight is 1310 g/mol. The molecule has 1 aliphatic carbocycles. The second-order valence-electron chi connectivity index (χ2n) is 27.1. The van der Waals surface area contributed by atoms with Gasteiger partial charge in [-0.05, 0) is 126 Å². The summed E-state index contributed by atoms with van der Waals surface area (Å²) < 4.78 is 30.8. The Balaban J connectivity index is 0.727. The van der Waals surface area contributed by atoms with E-state index in [1.807, 2.05) is 50.2 Å². The summed E-state index contributed by atoms with van der Waals surface area (Å²) in [6.07, 6.45) is 28.9. The molecule has 3 N–H and O–H groups in total. The van der Waals surface area contributed by atoms with E-state index in [2.05, 4.69) is 97.9 Å². The lowest BCUT2D eigenvalue weighted by Gasteiger charge is -2.22. The number of aliphatic hydroxyl groups is 1. The van der Waals surface area contributed by atoms with Crippen molar-refractivity contribution in [3.8, 4) is 79.9 Å². The molecule has 516 valence electrons. The maximum absolute atomic E-state index is 11.6. The summed E-state index contributed by atoms with van der Waals surface area (Å²) in [5.74, 6) is 4.67. The number of hydrogen-bond acceptors (Lipinski definition) is 14. The highest BCUT2D eigenvalue weighted by atomic mass is 16.6. The predicted octanol–water partition coefficient (Wildman–Crippen LogP) is 19.7. The van der Waals surface area contributed by atoms with E-state index in [4.69, 9.17) is 53.6 Å². The van der Waals surface area contributed by atoms with Crippen molar-refractivity contribution in [1.82, 2.24) is 29.9 Å². The zero-order chi connectivity index (χ0) is 68.2. The van der Waals surface area contributed by atoms with Gasteiger partial charge in [0.2, 0.25) is 0 Å². The summed E-state index contributed by atoms with van der Waals surface area (Å²) in [7, 11) is 0. The van der Waals surface area contributed by atoms with Gasteiger partial charge < -0.3 is 39.0 Å². The summed E-state index contributed by atoms with van der Waals surface area (Å²) in [6, 6.07) is 29.0. The average Bonchev–Trinajstić information content (AvgIpc) is 0.790. The SMILES string of the molecule is CCCCCCCCCCCCCOCC(COc1ccc(-c2nc(C3=CC(C)C(C)C=C3C)nc(-c3ccc(C)cc3C)n2)c(O)c1)OCCCCCCCCCCCCOCC(O)COc1ccc(-c2nc(-c3ccc(C)cc3C)nc(-c3ccc(C)cc3C)n2)c(O)c1. The molecule has 96 heavy (non-hydrogen) atoms. The van der Waals surface area contributed by atoms with Crippen molar-refractivity contribution in [2.24, 2.45) is 11.8 Å². The van der Waals surface area contributed by atoms with E-state index >= 15 is 0 Å². The Morgan fingerprint density at radius 1 is 0.375 bits per heavy atom. The van der Waals surface area contributed by atoms with Crippen molar-refractivity contribution in [2.45, 2.75) is 216 Å². The van der Waals surface area contributed by atoms with Gasteiger partial charge in [0.05, 0.1) is 24.3 Å². The van der Waals surface area contributed by atoms with Crippen molar-refractivity contribution in [3.05, 3.63) is 148 Å². The third-order valence-corrected chi connectivity index (χ3v) is 18.4. The first-order chi connectivity index (χ1) is 46.5. The lowest BCUT2D eigenvalue weighted by atomic mass is 9.84. The molecule has 0 aliphatic heterocycles. The van der Waals surface area contributed by atoms with Crippen LogP contribution in [-0.2, 0) is 14.2 Å². The van der Waals surface area contributed by atoms with Crippen LogP contribution in [0.3, 0.4) is 0 Å². The number of benzene rings is 5. The van der Waals surface area contributed by atoms with Gasteiger partial charge in [0.1, 0.15) is 48.4 Å². The van der Waals surface area contributed by atoms with E-state index in [0.29, 0.717) is 102 Å².